The fourth-order valence-corrected chi connectivity index (χ4v) is 3.47. The number of methoxy groups -OCH3 is 1. The maximum atomic E-state index is 12.6. The van der Waals surface area contributed by atoms with Crippen molar-refractivity contribution >= 4 is 22.3 Å². The molecule has 0 atom stereocenters. The summed E-state index contributed by atoms with van der Waals surface area (Å²) in [5.41, 5.74) is 2.46. The molecule has 4 rings (SSSR count). The SMILES string of the molecule is COC(=O)c1cn2c(Cc3ccc(-c4noc(C(F)(F)F)n4)cc3)csc2n1. The topological polar surface area (TPSA) is 82.5 Å². The van der Waals surface area contributed by atoms with E-state index in [0.29, 0.717) is 16.9 Å². The van der Waals surface area contributed by atoms with Crippen molar-refractivity contribution in [3.63, 3.8) is 0 Å². The van der Waals surface area contributed by atoms with Crippen molar-refractivity contribution in [2.45, 2.75) is 12.6 Å². The van der Waals surface area contributed by atoms with E-state index in [1.807, 2.05) is 5.38 Å². The van der Waals surface area contributed by atoms with Crippen LogP contribution in [0, 0.1) is 0 Å². The fourth-order valence-electron chi connectivity index (χ4n) is 2.60. The van der Waals surface area contributed by atoms with E-state index in [-0.39, 0.29) is 11.5 Å². The molecular weight excluding hydrogens is 397 g/mol. The summed E-state index contributed by atoms with van der Waals surface area (Å²) in [6.45, 7) is 0. The number of rotatable bonds is 4. The Hall–Kier alpha value is -3.21. The van der Waals surface area contributed by atoms with E-state index in [2.05, 4.69) is 24.4 Å². The zero-order valence-electron chi connectivity index (χ0n) is 14.2. The molecular formula is C17H11F3N4O3S. The van der Waals surface area contributed by atoms with E-state index < -0.39 is 18.0 Å². The molecule has 28 heavy (non-hydrogen) atoms. The summed E-state index contributed by atoms with van der Waals surface area (Å²) in [5, 5.41) is 5.29. The number of esters is 1. The monoisotopic (exact) mass is 408 g/mol. The van der Waals surface area contributed by atoms with Crippen LogP contribution in [0.25, 0.3) is 16.3 Å². The summed E-state index contributed by atoms with van der Waals surface area (Å²) in [5.74, 6) is -2.02. The van der Waals surface area contributed by atoms with Crippen molar-refractivity contribution in [3.05, 3.63) is 58.7 Å². The Morgan fingerprint density at radius 1 is 1.25 bits per heavy atom. The second-order valence-corrected chi connectivity index (χ2v) is 6.63. The number of carbonyl (C=O) groups excluding carboxylic acids is 1. The largest absolute Gasteiger partial charge is 0.471 e. The number of aromatic nitrogens is 4. The molecule has 3 heterocycles. The van der Waals surface area contributed by atoms with Crippen LogP contribution < -0.4 is 0 Å². The lowest BCUT2D eigenvalue weighted by Crippen LogP contribution is -2.04. The molecule has 0 unspecified atom stereocenters. The van der Waals surface area contributed by atoms with Crippen LogP contribution in [0.4, 0.5) is 13.2 Å². The number of halogens is 3. The van der Waals surface area contributed by atoms with Gasteiger partial charge in [0.2, 0.25) is 5.82 Å². The summed E-state index contributed by atoms with van der Waals surface area (Å²) < 4.78 is 48.4. The van der Waals surface area contributed by atoms with Crippen LogP contribution in [0.15, 0.2) is 40.4 Å². The summed E-state index contributed by atoms with van der Waals surface area (Å²) in [6, 6.07) is 6.77. The van der Waals surface area contributed by atoms with Crippen LogP contribution in [0.3, 0.4) is 0 Å². The van der Waals surface area contributed by atoms with Gasteiger partial charge in [-0.25, -0.2) is 9.78 Å². The first-order valence-electron chi connectivity index (χ1n) is 7.89. The predicted octanol–water partition coefficient (Wildman–Crippen LogP) is 3.84. The zero-order chi connectivity index (χ0) is 19.9. The summed E-state index contributed by atoms with van der Waals surface area (Å²) in [6.07, 6.45) is -2.53. The number of imidazole rings is 1. The van der Waals surface area contributed by atoms with Gasteiger partial charge in [-0.1, -0.05) is 29.4 Å². The normalized spacial score (nSPS) is 11.9. The number of hydrogen-bond donors (Lipinski definition) is 0. The number of alkyl halides is 3. The van der Waals surface area contributed by atoms with Gasteiger partial charge in [0, 0.05) is 29.3 Å². The minimum absolute atomic E-state index is 0.130. The molecule has 7 nitrogen and oxygen atoms in total. The van der Waals surface area contributed by atoms with Gasteiger partial charge in [-0.05, 0) is 5.56 Å². The van der Waals surface area contributed by atoms with E-state index in [9.17, 15) is 18.0 Å². The molecule has 0 bridgehead atoms. The average Bonchev–Trinajstić information content (AvgIpc) is 3.38. The highest BCUT2D eigenvalue weighted by Gasteiger charge is 2.38. The second-order valence-electron chi connectivity index (χ2n) is 5.79. The van der Waals surface area contributed by atoms with Crippen molar-refractivity contribution in [1.29, 1.82) is 0 Å². The maximum absolute atomic E-state index is 12.6. The number of nitrogens with zero attached hydrogens (tertiary/aromatic N) is 4. The smallest absolute Gasteiger partial charge is 0.464 e. The van der Waals surface area contributed by atoms with Crippen molar-refractivity contribution in [3.8, 4) is 11.4 Å². The molecule has 3 aromatic heterocycles. The maximum Gasteiger partial charge on any atom is 0.471 e. The van der Waals surface area contributed by atoms with Crippen molar-refractivity contribution < 1.29 is 27.2 Å². The van der Waals surface area contributed by atoms with Crippen LogP contribution in [-0.4, -0.2) is 32.6 Å². The Morgan fingerprint density at radius 2 is 2.00 bits per heavy atom. The first-order valence-corrected chi connectivity index (χ1v) is 8.77. The van der Waals surface area contributed by atoms with Gasteiger partial charge >= 0.3 is 18.0 Å². The van der Waals surface area contributed by atoms with E-state index in [1.165, 1.54) is 18.4 Å². The number of benzene rings is 1. The molecule has 0 spiro atoms. The molecule has 0 saturated heterocycles. The Bertz CT molecular complexity index is 1140. The molecule has 0 fully saturated rings. The summed E-state index contributed by atoms with van der Waals surface area (Å²) >= 11 is 1.39. The zero-order valence-corrected chi connectivity index (χ0v) is 15.0. The van der Waals surface area contributed by atoms with Crippen LogP contribution in [-0.2, 0) is 17.3 Å². The average molecular weight is 408 g/mol. The first-order chi connectivity index (χ1) is 13.3. The molecule has 0 saturated carbocycles. The molecule has 1 aromatic carbocycles. The lowest BCUT2D eigenvalue weighted by Gasteiger charge is -2.02. The van der Waals surface area contributed by atoms with Crippen LogP contribution in [0.1, 0.15) is 27.6 Å². The Morgan fingerprint density at radius 3 is 2.64 bits per heavy atom. The molecule has 0 amide bonds. The third-order valence-electron chi connectivity index (χ3n) is 3.94. The third kappa shape index (κ3) is 3.36. The summed E-state index contributed by atoms with van der Waals surface area (Å²) in [4.78, 5) is 19.8. The molecule has 0 radical (unpaired) electrons. The van der Waals surface area contributed by atoms with Gasteiger partial charge in [0.1, 0.15) is 0 Å². The van der Waals surface area contributed by atoms with Crippen LogP contribution in [0.2, 0.25) is 0 Å². The Balaban J connectivity index is 1.55. The number of hydrogen-bond acceptors (Lipinski definition) is 7. The molecule has 0 aliphatic rings. The lowest BCUT2D eigenvalue weighted by atomic mass is 10.1. The number of fused-ring (bicyclic) bond motifs is 1. The van der Waals surface area contributed by atoms with Gasteiger partial charge < -0.3 is 9.26 Å². The van der Waals surface area contributed by atoms with Crippen molar-refractivity contribution in [2.24, 2.45) is 0 Å². The third-order valence-corrected chi connectivity index (χ3v) is 4.83. The van der Waals surface area contributed by atoms with E-state index >= 15 is 0 Å². The van der Waals surface area contributed by atoms with E-state index in [4.69, 9.17) is 0 Å². The van der Waals surface area contributed by atoms with Crippen molar-refractivity contribution in [2.75, 3.05) is 7.11 Å². The van der Waals surface area contributed by atoms with Gasteiger partial charge in [0.25, 0.3) is 0 Å². The van der Waals surface area contributed by atoms with Crippen LogP contribution in [0.5, 0.6) is 0 Å². The van der Waals surface area contributed by atoms with Gasteiger partial charge in [-0.15, -0.1) is 11.3 Å². The number of thiazole rings is 1. The highest BCUT2D eigenvalue weighted by Crippen LogP contribution is 2.29. The minimum atomic E-state index is -4.68. The van der Waals surface area contributed by atoms with Crippen LogP contribution >= 0.6 is 11.3 Å². The van der Waals surface area contributed by atoms with E-state index in [1.54, 1.807) is 34.9 Å². The van der Waals surface area contributed by atoms with Crippen molar-refractivity contribution in [1.82, 2.24) is 19.5 Å². The summed E-state index contributed by atoms with van der Waals surface area (Å²) in [7, 11) is 1.29. The first kappa shape index (κ1) is 18.2. The van der Waals surface area contributed by atoms with Gasteiger partial charge in [-0.2, -0.15) is 18.2 Å². The Labute approximate surface area is 159 Å². The lowest BCUT2D eigenvalue weighted by molar-refractivity contribution is -0.159. The minimum Gasteiger partial charge on any atom is -0.464 e. The van der Waals surface area contributed by atoms with E-state index in [0.717, 1.165) is 11.3 Å². The highest BCUT2D eigenvalue weighted by molar-refractivity contribution is 7.15. The van der Waals surface area contributed by atoms with Gasteiger partial charge in [0.05, 0.1) is 7.11 Å². The molecule has 0 aliphatic carbocycles. The number of ether oxygens (including phenoxy) is 1. The molecule has 144 valence electrons. The number of carbonyl (C=O) groups is 1. The second kappa shape index (κ2) is 6.75. The molecule has 0 aliphatic heterocycles. The molecule has 0 N–H and O–H groups in total. The molecule has 4 aromatic rings. The highest BCUT2D eigenvalue weighted by atomic mass is 32.1. The standard InChI is InChI=1S/C17H11F3N4O3S/c1-26-14(25)12-7-24-11(8-28-16(24)21-12)6-9-2-4-10(5-3-9)13-22-15(27-23-13)17(18,19)20/h2-5,7-8H,6H2,1H3. The predicted molar refractivity (Wildman–Crippen MR) is 92.0 cm³/mol. The fraction of sp³-hybridized carbons (Fsp3) is 0.176. The van der Waals surface area contributed by atoms with Gasteiger partial charge in [-0.3, -0.25) is 4.40 Å². The Kier molecular flexibility index (Phi) is 4.38. The quantitative estimate of drug-likeness (QED) is 0.477. The molecule has 11 heteroatoms. The van der Waals surface area contributed by atoms with Gasteiger partial charge in [0.15, 0.2) is 10.7 Å².